The van der Waals surface area contributed by atoms with E-state index in [0.717, 1.165) is 29.4 Å². The molecule has 1 aliphatic carbocycles. The summed E-state index contributed by atoms with van der Waals surface area (Å²) in [5, 5.41) is 3.45. The van der Waals surface area contributed by atoms with E-state index in [9.17, 15) is 0 Å². The van der Waals surface area contributed by atoms with E-state index in [2.05, 4.69) is 5.32 Å². The predicted octanol–water partition coefficient (Wildman–Crippen LogP) is 4.32. The number of rotatable bonds is 7. The van der Waals surface area contributed by atoms with E-state index in [1.807, 2.05) is 25.2 Å². The first-order valence-corrected chi connectivity index (χ1v) is 8.18. The summed E-state index contributed by atoms with van der Waals surface area (Å²) in [5.41, 5.74) is 1.15. The average molecular weight is 291 g/mol. The summed E-state index contributed by atoms with van der Waals surface area (Å²) < 4.78 is 11.1. The number of ether oxygens (including phenoxy) is 2. The molecule has 1 N–H and O–H groups in total. The molecule has 0 spiro atoms. The van der Waals surface area contributed by atoms with Crippen molar-refractivity contribution in [3.63, 3.8) is 0 Å². The van der Waals surface area contributed by atoms with Gasteiger partial charge in [-0.05, 0) is 37.9 Å². The fourth-order valence-electron chi connectivity index (χ4n) is 3.53. The molecule has 0 heterocycles. The fourth-order valence-corrected chi connectivity index (χ4v) is 3.53. The molecule has 0 bridgehead atoms. The van der Waals surface area contributed by atoms with E-state index < -0.39 is 0 Å². The average Bonchev–Trinajstić information content (AvgIpc) is 2.56. The summed E-state index contributed by atoms with van der Waals surface area (Å²) in [7, 11) is 5.48. The second-order valence-electron chi connectivity index (χ2n) is 6.00. The summed E-state index contributed by atoms with van der Waals surface area (Å²) in [4.78, 5) is 0. The lowest BCUT2D eigenvalue weighted by Crippen LogP contribution is -2.19. The van der Waals surface area contributed by atoms with Gasteiger partial charge in [-0.1, -0.05) is 38.2 Å². The molecule has 1 fully saturated rings. The van der Waals surface area contributed by atoms with E-state index in [1.165, 1.54) is 38.5 Å². The van der Waals surface area contributed by atoms with Crippen molar-refractivity contribution in [1.29, 1.82) is 0 Å². The molecule has 3 nitrogen and oxygen atoms in total. The molecule has 0 radical (unpaired) electrons. The van der Waals surface area contributed by atoms with Gasteiger partial charge in [0.25, 0.3) is 0 Å². The quantitative estimate of drug-likeness (QED) is 0.811. The molecule has 3 heteroatoms. The van der Waals surface area contributed by atoms with Gasteiger partial charge >= 0.3 is 0 Å². The van der Waals surface area contributed by atoms with E-state index >= 15 is 0 Å². The van der Waals surface area contributed by atoms with Gasteiger partial charge in [0.15, 0.2) is 0 Å². The topological polar surface area (TPSA) is 30.5 Å². The Morgan fingerprint density at radius 2 is 1.71 bits per heavy atom. The van der Waals surface area contributed by atoms with E-state index in [-0.39, 0.29) is 6.04 Å². The smallest absolute Gasteiger partial charge is 0.127 e. The normalized spacial score (nSPS) is 17.5. The highest BCUT2D eigenvalue weighted by Crippen LogP contribution is 2.37. The van der Waals surface area contributed by atoms with Crippen molar-refractivity contribution in [3.8, 4) is 11.5 Å². The van der Waals surface area contributed by atoms with Gasteiger partial charge in [0.05, 0.1) is 19.8 Å². The molecule has 0 amide bonds. The molecule has 1 aromatic rings. The van der Waals surface area contributed by atoms with Crippen LogP contribution in [0.1, 0.15) is 56.6 Å². The Labute approximate surface area is 129 Å². The predicted molar refractivity (Wildman–Crippen MR) is 87.2 cm³/mol. The molecule has 0 aromatic heterocycles. The van der Waals surface area contributed by atoms with Crippen LogP contribution in [0.15, 0.2) is 18.2 Å². The number of hydrogen-bond donors (Lipinski definition) is 1. The Bertz CT molecular complexity index is 405. The molecule has 1 atom stereocenters. The van der Waals surface area contributed by atoms with Crippen LogP contribution in [0, 0.1) is 5.92 Å². The third-order valence-corrected chi connectivity index (χ3v) is 4.75. The molecule has 1 aliphatic rings. The zero-order valence-electron chi connectivity index (χ0n) is 13.7. The van der Waals surface area contributed by atoms with Gasteiger partial charge in [-0.25, -0.2) is 0 Å². The standard InChI is InChI=1S/C18H29NO2/c1-19-15(13-12-14-8-5-4-6-9-14)18-16(20-2)10-7-11-17(18)21-3/h7,10-11,14-15,19H,4-6,8-9,12-13H2,1-3H3. The van der Waals surface area contributed by atoms with E-state index in [4.69, 9.17) is 9.47 Å². The molecule has 0 aliphatic heterocycles. The largest absolute Gasteiger partial charge is 0.496 e. The first kappa shape index (κ1) is 16.2. The van der Waals surface area contributed by atoms with Gasteiger partial charge in [-0.2, -0.15) is 0 Å². The highest BCUT2D eigenvalue weighted by molar-refractivity contribution is 5.47. The Kier molecular flexibility index (Phi) is 6.37. The van der Waals surface area contributed by atoms with Crippen LogP contribution in [0.5, 0.6) is 11.5 Å². The summed E-state index contributed by atoms with van der Waals surface area (Å²) in [6.45, 7) is 0. The van der Waals surface area contributed by atoms with Crippen molar-refractivity contribution in [1.82, 2.24) is 5.32 Å². The highest BCUT2D eigenvalue weighted by Gasteiger charge is 2.21. The summed E-state index contributed by atoms with van der Waals surface area (Å²) >= 11 is 0. The number of hydrogen-bond acceptors (Lipinski definition) is 3. The van der Waals surface area contributed by atoms with Crippen LogP contribution in [0.3, 0.4) is 0 Å². The van der Waals surface area contributed by atoms with Crippen molar-refractivity contribution in [2.75, 3.05) is 21.3 Å². The number of methoxy groups -OCH3 is 2. The van der Waals surface area contributed by atoms with Crippen LogP contribution in [0.4, 0.5) is 0 Å². The second-order valence-corrected chi connectivity index (χ2v) is 6.00. The minimum absolute atomic E-state index is 0.290. The van der Waals surface area contributed by atoms with Crippen LogP contribution in [0.2, 0.25) is 0 Å². The van der Waals surface area contributed by atoms with Crippen molar-refractivity contribution in [2.24, 2.45) is 5.92 Å². The molecular formula is C18H29NO2. The maximum Gasteiger partial charge on any atom is 0.127 e. The summed E-state index contributed by atoms with van der Waals surface area (Å²) in [5.74, 6) is 2.73. The Morgan fingerprint density at radius 1 is 1.10 bits per heavy atom. The number of benzene rings is 1. The maximum atomic E-state index is 5.54. The van der Waals surface area contributed by atoms with E-state index in [0.29, 0.717) is 0 Å². The van der Waals surface area contributed by atoms with E-state index in [1.54, 1.807) is 14.2 Å². The SMILES string of the molecule is CNC(CCC1CCCCC1)c1c(OC)cccc1OC. The van der Waals surface area contributed by atoms with Gasteiger partial charge < -0.3 is 14.8 Å². The minimum Gasteiger partial charge on any atom is -0.496 e. The molecule has 1 aromatic carbocycles. The lowest BCUT2D eigenvalue weighted by atomic mass is 9.84. The molecular weight excluding hydrogens is 262 g/mol. The fraction of sp³-hybridized carbons (Fsp3) is 0.667. The third-order valence-electron chi connectivity index (χ3n) is 4.75. The van der Waals surface area contributed by atoms with Crippen molar-refractivity contribution < 1.29 is 9.47 Å². The minimum atomic E-state index is 0.290. The summed E-state index contributed by atoms with van der Waals surface area (Å²) in [6.07, 6.45) is 9.47. The lowest BCUT2D eigenvalue weighted by Gasteiger charge is -2.26. The summed E-state index contributed by atoms with van der Waals surface area (Å²) in [6, 6.07) is 6.30. The zero-order chi connectivity index (χ0) is 15.1. The van der Waals surface area contributed by atoms with Gasteiger partial charge in [0.1, 0.15) is 11.5 Å². The number of nitrogens with one attached hydrogen (secondary N) is 1. The molecule has 118 valence electrons. The van der Waals surface area contributed by atoms with Gasteiger partial charge in [0, 0.05) is 6.04 Å². The van der Waals surface area contributed by atoms with Crippen LogP contribution >= 0.6 is 0 Å². The van der Waals surface area contributed by atoms with Crippen molar-refractivity contribution >= 4 is 0 Å². The van der Waals surface area contributed by atoms with Crippen LogP contribution in [-0.4, -0.2) is 21.3 Å². The van der Waals surface area contributed by atoms with Crippen LogP contribution in [-0.2, 0) is 0 Å². The monoisotopic (exact) mass is 291 g/mol. The van der Waals surface area contributed by atoms with Crippen molar-refractivity contribution in [2.45, 2.75) is 51.0 Å². The Balaban J connectivity index is 2.08. The first-order chi connectivity index (χ1) is 10.3. The maximum absolute atomic E-state index is 5.54. The molecule has 0 saturated heterocycles. The molecule has 1 saturated carbocycles. The van der Waals surface area contributed by atoms with Gasteiger partial charge in [-0.15, -0.1) is 0 Å². The zero-order valence-corrected chi connectivity index (χ0v) is 13.7. The molecule has 21 heavy (non-hydrogen) atoms. The van der Waals surface area contributed by atoms with Gasteiger partial charge in [-0.3, -0.25) is 0 Å². The molecule has 1 unspecified atom stereocenters. The Hall–Kier alpha value is -1.22. The second kappa shape index (κ2) is 8.28. The van der Waals surface area contributed by atoms with Gasteiger partial charge in [0.2, 0.25) is 0 Å². The molecule has 2 rings (SSSR count). The van der Waals surface area contributed by atoms with Crippen LogP contribution < -0.4 is 14.8 Å². The highest BCUT2D eigenvalue weighted by atomic mass is 16.5. The lowest BCUT2D eigenvalue weighted by molar-refractivity contribution is 0.310. The van der Waals surface area contributed by atoms with Crippen molar-refractivity contribution in [3.05, 3.63) is 23.8 Å². The third kappa shape index (κ3) is 4.13. The first-order valence-electron chi connectivity index (χ1n) is 8.18. The van der Waals surface area contributed by atoms with Crippen LogP contribution in [0.25, 0.3) is 0 Å². The Morgan fingerprint density at radius 3 is 2.24 bits per heavy atom.